The molecule has 0 amide bonds. The zero-order valence-corrected chi connectivity index (χ0v) is 11.5. The summed E-state index contributed by atoms with van der Waals surface area (Å²) in [4.78, 5) is 7.30. The number of rotatable bonds is 5. The van der Waals surface area contributed by atoms with E-state index in [4.69, 9.17) is 4.74 Å². The summed E-state index contributed by atoms with van der Waals surface area (Å²) in [6.45, 7) is 4.47. The molecule has 0 bridgehead atoms. The van der Waals surface area contributed by atoms with E-state index in [1.807, 2.05) is 6.08 Å². The molecule has 0 radical (unpaired) electrons. The Hall–Kier alpha value is 0.239. The first-order valence-electron chi connectivity index (χ1n) is 4.29. The number of hydrogen-bond acceptors (Lipinski definition) is 1. The molecule has 0 atom stereocenters. The molecule has 0 saturated carbocycles. The molecular formula is C10H20OSn. The van der Waals surface area contributed by atoms with E-state index in [1.165, 1.54) is 10.0 Å². The molecular weight excluding hydrogens is 255 g/mol. The van der Waals surface area contributed by atoms with Gasteiger partial charge in [-0.25, -0.2) is 0 Å². The summed E-state index contributed by atoms with van der Waals surface area (Å²) in [7, 11) is 1.75. The second-order valence-corrected chi connectivity index (χ2v) is 19.9. The van der Waals surface area contributed by atoms with Crippen LogP contribution in [0.3, 0.4) is 0 Å². The normalized spacial score (nSPS) is 13.2. The van der Waals surface area contributed by atoms with E-state index >= 15 is 0 Å². The van der Waals surface area contributed by atoms with Gasteiger partial charge in [-0.3, -0.25) is 0 Å². The molecule has 0 fully saturated rings. The summed E-state index contributed by atoms with van der Waals surface area (Å²) < 4.78 is 6.39. The van der Waals surface area contributed by atoms with E-state index < -0.39 is 18.4 Å². The van der Waals surface area contributed by atoms with Crippen LogP contribution in [0.4, 0.5) is 0 Å². The van der Waals surface area contributed by atoms with Gasteiger partial charge in [0.2, 0.25) is 0 Å². The summed E-state index contributed by atoms with van der Waals surface area (Å²) in [6, 6.07) is 0. The average molecular weight is 275 g/mol. The minimum absolute atomic E-state index is 0.764. The quantitative estimate of drug-likeness (QED) is 0.553. The first-order valence-corrected chi connectivity index (χ1v) is 14.9. The Kier molecular flexibility index (Phi) is 5.93. The van der Waals surface area contributed by atoms with Crippen LogP contribution in [0.1, 0.15) is 0 Å². The van der Waals surface area contributed by atoms with Crippen molar-refractivity contribution < 1.29 is 4.74 Å². The topological polar surface area (TPSA) is 9.23 Å². The molecule has 0 N–H and O–H groups in total. The van der Waals surface area contributed by atoms with Crippen molar-refractivity contribution in [3.05, 3.63) is 24.3 Å². The van der Waals surface area contributed by atoms with Crippen molar-refractivity contribution in [2.45, 2.75) is 19.3 Å². The van der Waals surface area contributed by atoms with Crippen molar-refractivity contribution in [3.8, 4) is 0 Å². The molecule has 0 saturated heterocycles. The SMILES string of the molecule is C=C/C=C(\COC)[CH2][Sn]([CH3])([CH3])[CH3]. The third-order valence-corrected chi connectivity index (χ3v) is 5.76. The molecule has 1 nitrogen and oxygen atoms in total. The molecule has 0 aromatic heterocycles. The second-order valence-electron chi connectivity index (χ2n) is 4.23. The number of hydrogen-bond donors (Lipinski definition) is 0. The zero-order valence-electron chi connectivity index (χ0n) is 8.68. The third-order valence-electron chi connectivity index (χ3n) is 1.44. The van der Waals surface area contributed by atoms with E-state index in [0.29, 0.717) is 0 Å². The van der Waals surface area contributed by atoms with Crippen LogP contribution in [0.15, 0.2) is 24.3 Å². The van der Waals surface area contributed by atoms with Gasteiger partial charge in [-0.05, 0) is 0 Å². The van der Waals surface area contributed by atoms with Gasteiger partial charge in [0.25, 0.3) is 0 Å². The van der Waals surface area contributed by atoms with Crippen LogP contribution in [0.5, 0.6) is 0 Å². The van der Waals surface area contributed by atoms with Crippen LogP contribution < -0.4 is 0 Å². The van der Waals surface area contributed by atoms with Crippen molar-refractivity contribution in [3.63, 3.8) is 0 Å². The minimum atomic E-state index is -1.67. The summed E-state index contributed by atoms with van der Waals surface area (Å²) in [5.41, 5.74) is 1.40. The molecule has 0 aliphatic rings. The fraction of sp³-hybridized carbons (Fsp3) is 0.600. The summed E-state index contributed by atoms with van der Waals surface area (Å²) >= 11 is -1.67. The van der Waals surface area contributed by atoms with Crippen molar-refractivity contribution >= 4 is 18.4 Å². The second kappa shape index (κ2) is 5.81. The molecule has 2 heteroatoms. The molecule has 0 heterocycles. The van der Waals surface area contributed by atoms with E-state index in [2.05, 4.69) is 27.5 Å². The van der Waals surface area contributed by atoms with Gasteiger partial charge >= 0.3 is 80.4 Å². The monoisotopic (exact) mass is 276 g/mol. The maximum atomic E-state index is 5.12. The molecule has 0 aliphatic carbocycles. The van der Waals surface area contributed by atoms with Gasteiger partial charge in [0.1, 0.15) is 0 Å². The number of allylic oxidation sites excluding steroid dienone is 2. The molecule has 12 heavy (non-hydrogen) atoms. The Balaban J connectivity index is 4.14. The van der Waals surface area contributed by atoms with Gasteiger partial charge in [-0.15, -0.1) is 0 Å². The van der Waals surface area contributed by atoms with Gasteiger partial charge < -0.3 is 0 Å². The van der Waals surface area contributed by atoms with Crippen LogP contribution in [-0.2, 0) is 4.74 Å². The standard InChI is InChI=1S/C7H11O.3CH3.Sn/c1-4-5-7(2)6-8-3;;;;/h4-5H,1-2,6H2,3H3;3*1H3;/b7-5-;;;;. The third kappa shape index (κ3) is 6.92. The Labute approximate surface area is 80.4 Å². The Bertz CT molecular complexity index is 165. The molecule has 0 aliphatic heterocycles. The molecule has 0 unspecified atom stereocenters. The Morgan fingerprint density at radius 3 is 2.33 bits per heavy atom. The van der Waals surface area contributed by atoms with Gasteiger partial charge in [-0.2, -0.15) is 0 Å². The predicted molar refractivity (Wildman–Crippen MR) is 58.3 cm³/mol. The Morgan fingerprint density at radius 1 is 1.42 bits per heavy atom. The molecule has 0 rings (SSSR count). The first-order chi connectivity index (χ1) is 5.49. The van der Waals surface area contributed by atoms with E-state index in [9.17, 15) is 0 Å². The molecule has 0 aromatic carbocycles. The summed E-state index contributed by atoms with van der Waals surface area (Å²) in [6.07, 6.45) is 3.94. The van der Waals surface area contributed by atoms with Crippen molar-refractivity contribution in [2.24, 2.45) is 0 Å². The summed E-state index contributed by atoms with van der Waals surface area (Å²) in [5.74, 6) is 0. The van der Waals surface area contributed by atoms with Crippen LogP contribution in [0, 0.1) is 0 Å². The Morgan fingerprint density at radius 2 is 2.00 bits per heavy atom. The fourth-order valence-electron chi connectivity index (χ4n) is 1.19. The van der Waals surface area contributed by atoms with Crippen LogP contribution in [-0.4, -0.2) is 32.1 Å². The van der Waals surface area contributed by atoms with Crippen molar-refractivity contribution in [2.75, 3.05) is 13.7 Å². The van der Waals surface area contributed by atoms with Gasteiger partial charge in [0.15, 0.2) is 0 Å². The van der Waals surface area contributed by atoms with E-state index in [-0.39, 0.29) is 0 Å². The van der Waals surface area contributed by atoms with Crippen molar-refractivity contribution in [1.29, 1.82) is 0 Å². The number of ether oxygens (including phenoxy) is 1. The predicted octanol–water partition coefficient (Wildman–Crippen LogP) is 3.08. The van der Waals surface area contributed by atoms with Crippen LogP contribution in [0.2, 0.25) is 19.3 Å². The van der Waals surface area contributed by atoms with E-state index in [1.54, 1.807) is 7.11 Å². The van der Waals surface area contributed by atoms with Crippen LogP contribution >= 0.6 is 0 Å². The fourth-order valence-corrected chi connectivity index (χ4v) is 5.71. The molecule has 70 valence electrons. The number of methoxy groups -OCH3 is 1. The van der Waals surface area contributed by atoms with Crippen LogP contribution in [0.25, 0.3) is 0 Å². The average Bonchev–Trinajstić information content (AvgIpc) is 1.84. The molecule has 0 spiro atoms. The van der Waals surface area contributed by atoms with E-state index in [0.717, 1.165) is 6.61 Å². The van der Waals surface area contributed by atoms with Crippen molar-refractivity contribution in [1.82, 2.24) is 0 Å². The van der Waals surface area contributed by atoms with Gasteiger partial charge in [0, 0.05) is 0 Å². The zero-order chi connectivity index (χ0) is 9.61. The summed E-state index contributed by atoms with van der Waals surface area (Å²) in [5, 5.41) is 0. The maximum absolute atomic E-state index is 5.12. The van der Waals surface area contributed by atoms with Gasteiger partial charge in [0.05, 0.1) is 0 Å². The van der Waals surface area contributed by atoms with Gasteiger partial charge in [-0.1, -0.05) is 0 Å². The molecule has 0 aromatic rings. The first kappa shape index (κ1) is 12.2.